The Bertz CT molecular complexity index is 688. The highest BCUT2D eigenvalue weighted by Gasteiger charge is 2.22. The Kier molecular flexibility index (Phi) is 5.79. The molecular formula is C17H21ClN4OS. The average Bonchev–Trinajstić information content (AvgIpc) is 3.05. The molecule has 0 spiro atoms. The molecule has 1 aliphatic carbocycles. The maximum Gasteiger partial charge on any atom is 0.230 e. The van der Waals surface area contributed by atoms with Crippen molar-refractivity contribution < 1.29 is 4.79 Å². The lowest BCUT2D eigenvalue weighted by atomic mass is 9.86. The minimum absolute atomic E-state index is 0.0524. The summed E-state index contributed by atoms with van der Waals surface area (Å²) in [5, 5.41) is 11.5. The van der Waals surface area contributed by atoms with Crippen molar-refractivity contribution in [3.63, 3.8) is 0 Å². The van der Waals surface area contributed by atoms with Gasteiger partial charge in [0.2, 0.25) is 11.1 Å². The van der Waals surface area contributed by atoms with E-state index in [1.807, 2.05) is 24.3 Å². The molecule has 5 nitrogen and oxygen atoms in total. The number of halogens is 1. The van der Waals surface area contributed by atoms with Crippen LogP contribution >= 0.6 is 23.4 Å². The van der Waals surface area contributed by atoms with Gasteiger partial charge in [0.15, 0.2) is 5.82 Å². The molecule has 1 aromatic heterocycles. The summed E-state index contributed by atoms with van der Waals surface area (Å²) in [6, 6.07) is 7.70. The SMILES string of the molecule is C[C@H]1CCCC[C@@H]1NC(=O)CSc1n[nH]c(-c2ccc(Cl)cc2)n1. The van der Waals surface area contributed by atoms with Gasteiger partial charge in [0.1, 0.15) is 0 Å². The molecule has 0 aliphatic heterocycles. The Morgan fingerprint density at radius 3 is 2.83 bits per heavy atom. The molecule has 2 N–H and O–H groups in total. The number of aromatic amines is 1. The molecule has 1 aliphatic rings. The highest BCUT2D eigenvalue weighted by atomic mass is 35.5. The second-order valence-corrected chi connectivity index (χ2v) is 7.58. The number of hydrogen-bond donors (Lipinski definition) is 2. The molecule has 1 fully saturated rings. The van der Waals surface area contributed by atoms with Crippen molar-refractivity contribution >= 4 is 29.3 Å². The quantitative estimate of drug-likeness (QED) is 0.789. The van der Waals surface area contributed by atoms with Gasteiger partial charge >= 0.3 is 0 Å². The number of benzene rings is 1. The van der Waals surface area contributed by atoms with Crippen LogP contribution in [0, 0.1) is 5.92 Å². The number of nitrogens with one attached hydrogen (secondary N) is 2. The summed E-state index contributed by atoms with van der Waals surface area (Å²) < 4.78 is 0. The van der Waals surface area contributed by atoms with Crippen LogP contribution in [-0.4, -0.2) is 32.9 Å². The van der Waals surface area contributed by atoms with E-state index in [-0.39, 0.29) is 5.91 Å². The number of thioether (sulfide) groups is 1. The topological polar surface area (TPSA) is 70.7 Å². The van der Waals surface area contributed by atoms with Gasteiger partial charge in [-0.2, -0.15) is 0 Å². The van der Waals surface area contributed by atoms with E-state index < -0.39 is 0 Å². The number of nitrogens with zero attached hydrogens (tertiary/aromatic N) is 2. The molecule has 1 saturated carbocycles. The molecule has 0 radical (unpaired) electrons. The Hall–Kier alpha value is -1.53. The molecule has 2 atom stereocenters. The normalized spacial score (nSPS) is 20.8. The summed E-state index contributed by atoms with van der Waals surface area (Å²) in [6.07, 6.45) is 4.75. The van der Waals surface area contributed by atoms with Crippen molar-refractivity contribution in [2.24, 2.45) is 5.92 Å². The molecule has 1 heterocycles. The number of hydrogen-bond acceptors (Lipinski definition) is 4. The van der Waals surface area contributed by atoms with Crippen molar-refractivity contribution in [2.75, 3.05) is 5.75 Å². The molecule has 0 unspecified atom stereocenters. The van der Waals surface area contributed by atoms with Gasteiger partial charge in [0.25, 0.3) is 0 Å². The van der Waals surface area contributed by atoms with Gasteiger partial charge in [-0.1, -0.05) is 43.1 Å². The fourth-order valence-electron chi connectivity index (χ4n) is 2.96. The monoisotopic (exact) mass is 364 g/mol. The molecule has 0 bridgehead atoms. The van der Waals surface area contributed by atoms with Crippen molar-refractivity contribution in [1.82, 2.24) is 20.5 Å². The fraction of sp³-hybridized carbons (Fsp3) is 0.471. The molecular weight excluding hydrogens is 344 g/mol. The van der Waals surface area contributed by atoms with E-state index in [4.69, 9.17) is 11.6 Å². The van der Waals surface area contributed by atoms with Crippen LogP contribution in [0.3, 0.4) is 0 Å². The molecule has 7 heteroatoms. The van der Waals surface area contributed by atoms with Gasteiger partial charge in [-0.15, -0.1) is 5.10 Å². The van der Waals surface area contributed by atoms with Gasteiger partial charge in [-0.05, 0) is 43.0 Å². The first-order valence-corrected chi connectivity index (χ1v) is 9.58. The number of carbonyl (C=O) groups excluding carboxylic acids is 1. The van der Waals surface area contributed by atoms with Crippen LogP contribution in [0.2, 0.25) is 5.02 Å². The first-order chi connectivity index (χ1) is 11.6. The third-order valence-corrected chi connectivity index (χ3v) is 5.47. The van der Waals surface area contributed by atoms with Crippen LogP contribution in [0.25, 0.3) is 11.4 Å². The number of rotatable bonds is 5. The Balaban J connectivity index is 1.51. The van der Waals surface area contributed by atoms with E-state index in [9.17, 15) is 4.79 Å². The lowest BCUT2D eigenvalue weighted by Crippen LogP contribution is -2.41. The zero-order valence-electron chi connectivity index (χ0n) is 13.6. The summed E-state index contributed by atoms with van der Waals surface area (Å²) in [5.41, 5.74) is 0.916. The van der Waals surface area contributed by atoms with Crippen LogP contribution in [0.4, 0.5) is 0 Å². The number of aromatic nitrogens is 3. The maximum atomic E-state index is 12.1. The fourth-order valence-corrected chi connectivity index (χ4v) is 3.69. The van der Waals surface area contributed by atoms with Crippen LogP contribution < -0.4 is 5.32 Å². The van der Waals surface area contributed by atoms with Crippen LogP contribution in [0.1, 0.15) is 32.6 Å². The molecule has 24 heavy (non-hydrogen) atoms. The van der Waals surface area contributed by atoms with Crippen molar-refractivity contribution in [1.29, 1.82) is 0 Å². The number of carbonyl (C=O) groups is 1. The second-order valence-electron chi connectivity index (χ2n) is 6.20. The van der Waals surface area contributed by atoms with E-state index in [0.29, 0.717) is 33.7 Å². The molecule has 3 rings (SSSR count). The number of H-pyrrole nitrogens is 1. The lowest BCUT2D eigenvalue weighted by Gasteiger charge is -2.29. The number of amides is 1. The van der Waals surface area contributed by atoms with Crippen LogP contribution in [-0.2, 0) is 4.79 Å². The van der Waals surface area contributed by atoms with E-state index in [0.717, 1.165) is 12.0 Å². The summed E-state index contributed by atoms with van der Waals surface area (Å²) in [4.78, 5) is 16.5. The van der Waals surface area contributed by atoms with E-state index in [2.05, 4.69) is 27.4 Å². The molecule has 2 aromatic rings. The minimum atomic E-state index is 0.0524. The van der Waals surface area contributed by atoms with E-state index in [1.54, 1.807) is 0 Å². The third-order valence-electron chi connectivity index (χ3n) is 4.37. The summed E-state index contributed by atoms with van der Waals surface area (Å²) in [7, 11) is 0. The first kappa shape index (κ1) is 17.3. The van der Waals surface area contributed by atoms with Gasteiger partial charge in [-0.25, -0.2) is 4.98 Å². The average molecular weight is 365 g/mol. The van der Waals surface area contributed by atoms with Crippen LogP contribution in [0.15, 0.2) is 29.4 Å². The predicted octanol–water partition coefficient (Wildman–Crippen LogP) is 3.91. The van der Waals surface area contributed by atoms with Crippen molar-refractivity contribution in [3.8, 4) is 11.4 Å². The summed E-state index contributed by atoms with van der Waals surface area (Å²) in [6.45, 7) is 2.21. The van der Waals surface area contributed by atoms with Gasteiger partial charge in [0.05, 0.1) is 5.75 Å². The van der Waals surface area contributed by atoms with Crippen molar-refractivity contribution in [2.45, 2.75) is 43.8 Å². The molecule has 1 amide bonds. The zero-order valence-corrected chi connectivity index (χ0v) is 15.2. The summed E-state index contributed by atoms with van der Waals surface area (Å²) >= 11 is 7.23. The summed E-state index contributed by atoms with van der Waals surface area (Å²) in [5.74, 6) is 1.63. The standard InChI is InChI=1S/C17H21ClN4OS/c1-11-4-2-3-5-14(11)19-15(23)10-24-17-20-16(21-22-17)12-6-8-13(18)9-7-12/h6-9,11,14H,2-5,10H2,1H3,(H,19,23)(H,20,21,22)/t11-,14-/m0/s1. The largest absolute Gasteiger partial charge is 0.352 e. The zero-order chi connectivity index (χ0) is 16.9. The van der Waals surface area contributed by atoms with Gasteiger partial charge in [-0.3, -0.25) is 9.89 Å². The highest BCUT2D eigenvalue weighted by molar-refractivity contribution is 7.99. The predicted molar refractivity (Wildman–Crippen MR) is 97.1 cm³/mol. The minimum Gasteiger partial charge on any atom is -0.352 e. The molecule has 0 saturated heterocycles. The smallest absolute Gasteiger partial charge is 0.230 e. The second kappa shape index (κ2) is 8.03. The molecule has 128 valence electrons. The van der Waals surface area contributed by atoms with E-state index in [1.165, 1.54) is 31.0 Å². The lowest BCUT2D eigenvalue weighted by molar-refractivity contribution is -0.119. The maximum absolute atomic E-state index is 12.1. The molecule has 1 aromatic carbocycles. The van der Waals surface area contributed by atoms with E-state index >= 15 is 0 Å². The Labute approximate surface area is 151 Å². The van der Waals surface area contributed by atoms with Gasteiger partial charge in [0, 0.05) is 16.6 Å². The Morgan fingerprint density at radius 1 is 1.33 bits per heavy atom. The van der Waals surface area contributed by atoms with Crippen LogP contribution in [0.5, 0.6) is 0 Å². The Morgan fingerprint density at radius 2 is 2.08 bits per heavy atom. The van der Waals surface area contributed by atoms with Crippen molar-refractivity contribution in [3.05, 3.63) is 29.3 Å². The van der Waals surface area contributed by atoms with Gasteiger partial charge < -0.3 is 5.32 Å². The highest BCUT2D eigenvalue weighted by Crippen LogP contribution is 2.24. The third kappa shape index (κ3) is 4.51. The first-order valence-electron chi connectivity index (χ1n) is 8.22.